The van der Waals surface area contributed by atoms with Gasteiger partial charge in [-0.05, 0) is 19.1 Å². The summed E-state index contributed by atoms with van der Waals surface area (Å²) in [6, 6.07) is 4.55. The van der Waals surface area contributed by atoms with Crippen molar-refractivity contribution in [3.63, 3.8) is 0 Å². The maximum absolute atomic E-state index is 8.86. The summed E-state index contributed by atoms with van der Waals surface area (Å²) in [7, 11) is 1.58. The Morgan fingerprint density at radius 1 is 1.40 bits per heavy atom. The molecule has 0 unspecified atom stereocenters. The fraction of sp³-hybridized carbons (Fsp3) is 0.429. The van der Waals surface area contributed by atoms with E-state index >= 15 is 0 Å². The number of rotatable bonds is 6. The molecule has 0 amide bonds. The van der Waals surface area contributed by atoms with Crippen LogP contribution in [0.25, 0.3) is 0 Å². The Bertz CT molecular complexity index is 895. The highest BCUT2D eigenvalue weighted by molar-refractivity contribution is 5.91. The lowest BCUT2D eigenvalue weighted by molar-refractivity contribution is -0.0660. The van der Waals surface area contributed by atoms with Crippen LogP contribution in [0, 0.1) is 11.3 Å². The number of aliphatic imine (C=N–C) groups is 2. The van der Waals surface area contributed by atoms with Crippen LogP contribution >= 0.6 is 0 Å². The highest BCUT2D eigenvalue weighted by Crippen LogP contribution is 2.30. The molecule has 2 aliphatic heterocycles. The summed E-state index contributed by atoms with van der Waals surface area (Å²) in [5.74, 6) is 0.960. The fourth-order valence-corrected chi connectivity index (χ4v) is 3.22. The molecule has 0 bridgehead atoms. The van der Waals surface area contributed by atoms with Crippen LogP contribution in [0.5, 0.6) is 5.75 Å². The summed E-state index contributed by atoms with van der Waals surface area (Å²) in [6.45, 7) is 7.35. The number of ether oxygens (including phenoxy) is 2. The SMILES string of the molecule is C/C=C(C#N)/C=C/C=N/C(N)=N\c1ncc(N2CCN(C3COC3)CC2)cc1OC.[HH]. The first-order chi connectivity index (χ1) is 14.6. The van der Waals surface area contributed by atoms with Crippen LogP contribution in [-0.2, 0) is 4.74 Å². The van der Waals surface area contributed by atoms with Crippen LogP contribution in [0.2, 0.25) is 0 Å². The second-order valence-corrected chi connectivity index (χ2v) is 6.90. The lowest BCUT2D eigenvalue weighted by Crippen LogP contribution is -2.56. The summed E-state index contributed by atoms with van der Waals surface area (Å²) >= 11 is 0. The predicted octanol–water partition coefficient (Wildman–Crippen LogP) is 1.90. The monoisotopic (exact) mass is 411 g/mol. The minimum Gasteiger partial charge on any atom is -0.493 e. The Kier molecular flexibility index (Phi) is 7.54. The molecule has 2 fully saturated rings. The molecule has 0 spiro atoms. The number of hydrogen-bond acceptors (Lipinski definition) is 7. The van der Waals surface area contributed by atoms with E-state index in [1.54, 1.807) is 38.5 Å². The number of aromatic nitrogens is 1. The number of methoxy groups -OCH3 is 1. The molecule has 30 heavy (non-hydrogen) atoms. The number of guanidine groups is 1. The van der Waals surface area contributed by atoms with E-state index in [0.717, 1.165) is 45.1 Å². The third-order valence-electron chi connectivity index (χ3n) is 5.08. The molecule has 3 heterocycles. The average Bonchev–Trinajstić information content (AvgIpc) is 2.73. The average molecular weight is 412 g/mol. The molecule has 1 aromatic rings. The van der Waals surface area contributed by atoms with Crippen molar-refractivity contribution in [3.05, 3.63) is 36.1 Å². The molecular formula is C21H29N7O2. The maximum atomic E-state index is 8.86. The summed E-state index contributed by atoms with van der Waals surface area (Å²) in [4.78, 5) is 17.5. The Morgan fingerprint density at radius 2 is 2.17 bits per heavy atom. The van der Waals surface area contributed by atoms with Crippen molar-refractivity contribution in [2.45, 2.75) is 13.0 Å². The Morgan fingerprint density at radius 3 is 2.77 bits per heavy atom. The van der Waals surface area contributed by atoms with Gasteiger partial charge >= 0.3 is 0 Å². The molecule has 2 aliphatic rings. The number of anilines is 1. The van der Waals surface area contributed by atoms with Gasteiger partial charge in [0, 0.05) is 45.5 Å². The fourth-order valence-electron chi connectivity index (χ4n) is 3.22. The molecule has 0 atom stereocenters. The largest absolute Gasteiger partial charge is 0.493 e. The maximum Gasteiger partial charge on any atom is 0.222 e. The first-order valence-corrected chi connectivity index (χ1v) is 9.86. The Hall–Kier alpha value is -3.22. The second kappa shape index (κ2) is 10.5. The van der Waals surface area contributed by atoms with Gasteiger partial charge in [0.25, 0.3) is 0 Å². The van der Waals surface area contributed by atoms with Gasteiger partial charge in [0.05, 0.1) is 44.3 Å². The topological polar surface area (TPSA) is 112 Å². The molecule has 9 nitrogen and oxygen atoms in total. The molecule has 160 valence electrons. The third-order valence-corrected chi connectivity index (χ3v) is 5.08. The minimum absolute atomic E-state index is 0. The molecule has 0 aromatic carbocycles. The van der Waals surface area contributed by atoms with Gasteiger partial charge in [0.1, 0.15) is 0 Å². The van der Waals surface area contributed by atoms with Crippen LogP contribution in [-0.4, -0.2) is 74.6 Å². The van der Waals surface area contributed by atoms with E-state index in [-0.39, 0.29) is 7.39 Å². The van der Waals surface area contributed by atoms with Crippen LogP contribution in [0.3, 0.4) is 0 Å². The highest BCUT2D eigenvalue weighted by Gasteiger charge is 2.29. The van der Waals surface area contributed by atoms with E-state index < -0.39 is 0 Å². The van der Waals surface area contributed by atoms with Gasteiger partial charge in [-0.1, -0.05) is 6.08 Å². The number of hydrogen-bond donors (Lipinski definition) is 1. The van der Waals surface area contributed by atoms with Crippen molar-refractivity contribution >= 4 is 23.7 Å². The van der Waals surface area contributed by atoms with Gasteiger partial charge in [0.2, 0.25) is 5.96 Å². The smallest absolute Gasteiger partial charge is 0.222 e. The zero-order chi connectivity index (χ0) is 21.3. The van der Waals surface area contributed by atoms with Crippen LogP contribution < -0.4 is 15.4 Å². The predicted molar refractivity (Wildman–Crippen MR) is 120 cm³/mol. The van der Waals surface area contributed by atoms with E-state index in [9.17, 15) is 0 Å². The summed E-state index contributed by atoms with van der Waals surface area (Å²) < 4.78 is 10.8. The van der Waals surface area contributed by atoms with E-state index in [1.165, 1.54) is 6.21 Å². The molecule has 2 saturated heterocycles. The lowest BCUT2D eigenvalue weighted by atomic mass is 10.1. The zero-order valence-electron chi connectivity index (χ0n) is 17.4. The number of piperazine rings is 1. The molecule has 2 N–H and O–H groups in total. The molecule has 3 rings (SSSR count). The van der Waals surface area contributed by atoms with Crippen LogP contribution in [0.15, 0.2) is 46.0 Å². The van der Waals surface area contributed by atoms with Gasteiger partial charge in [-0.3, -0.25) is 4.90 Å². The molecular weight excluding hydrogens is 382 g/mol. The van der Waals surface area contributed by atoms with Gasteiger partial charge in [-0.15, -0.1) is 0 Å². The van der Waals surface area contributed by atoms with Gasteiger partial charge in [-0.25, -0.2) is 9.98 Å². The zero-order valence-corrected chi connectivity index (χ0v) is 17.4. The summed E-state index contributed by atoms with van der Waals surface area (Å²) in [5.41, 5.74) is 7.41. The summed E-state index contributed by atoms with van der Waals surface area (Å²) in [5, 5.41) is 8.86. The third kappa shape index (κ3) is 5.43. The van der Waals surface area contributed by atoms with Crippen molar-refractivity contribution in [1.82, 2.24) is 9.88 Å². The lowest BCUT2D eigenvalue weighted by Gasteiger charge is -2.43. The van der Waals surface area contributed by atoms with Crippen molar-refractivity contribution in [2.75, 3.05) is 51.4 Å². The van der Waals surface area contributed by atoms with Crippen LogP contribution in [0.1, 0.15) is 8.35 Å². The van der Waals surface area contributed by atoms with Gasteiger partial charge < -0.3 is 20.1 Å². The van der Waals surface area contributed by atoms with Crippen molar-refractivity contribution in [3.8, 4) is 11.8 Å². The van der Waals surface area contributed by atoms with Gasteiger partial charge in [-0.2, -0.15) is 10.3 Å². The normalized spacial score (nSPS) is 19.3. The van der Waals surface area contributed by atoms with E-state index in [2.05, 4.69) is 30.8 Å². The molecule has 0 radical (unpaired) electrons. The van der Waals surface area contributed by atoms with Crippen molar-refractivity contribution in [2.24, 2.45) is 15.7 Å². The molecule has 1 aromatic heterocycles. The quantitative estimate of drug-likeness (QED) is 0.329. The number of nitrogens with two attached hydrogens (primary N) is 1. The minimum atomic E-state index is 0. The number of pyridine rings is 1. The Labute approximate surface area is 178 Å². The van der Waals surface area contributed by atoms with E-state index in [0.29, 0.717) is 23.2 Å². The first-order valence-electron chi connectivity index (χ1n) is 9.86. The number of nitrogens with zero attached hydrogens (tertiary/aromatic N) is 6. The van der Waals surface area contributed by atoms with E-state index in [4.69, 9.17) is 20.5 Å². The highest BCUT2D eigenvalue weighted by atomic mass is 16.5. The van der Waals surface area contributed by atoms with Crippen LogP contribution in [0.4, 0.5) is 11.5 Å². The second-order valence-electron chi connectivity index (χ2n) is 6.90. The van der Waals surface area contributed by atoms with Gasteiger partial charge in [0.15, 0.2) is 11.6 Å². The van der Waals surface area contributed by atoms with E-state index in [1.807, 2.05) is 6.07 Å². The first kappa shape index (κ1) is 21.5. The molecule has 9 heteroatoms. The van der Waals surface area contributed by atoms with Crippen molar-refractivity contribution in [1.29, 1.82) is 5.26 Å². The standard InChI is InChI=1S/C21H27N7O2.H2/c1-3-16(12-22)5-4-6-24-21(23)26-20-19(29-2)11-17(13-25-20)27-7-9-28(10-8-27)18-14-30-15-18;/h3-6,11,13,18H,7-10,14-15H2,1-2H3,(H2,23,25,26);1H/b5-4+,16-3-,24-6+;. The molecule has 0 aliphatic carbocycles. The molecule has 0 saturated carbocycles. The van der Waals surface area contributed by atoms with Crippen molar-refractivity contribution < 1.29 is 10.9 Å². The number of nitriles is 1. The number of allylic oxidation sites excluding steroid dienone is 4. The Balaban J connectivity index is 0.00000341. The summed E-state index contributed by atoms with van der Waals surface area (Å²) in [6.07, 6.45) is 8.24.